The van der Waals surface area contributed by atoms with Crippen molar-refractivity contribution in [2.45, 2.75) is 96.0 Å². The zero-order valence-electron chi connectivity index (χ0n) is 32.6. The second-order valence-corrected chi connectivity index (χ2v) is 21.3. The molecular formula is C41H54N4O9Si. The van der Waals surface area contributed by atoms with E-state index in [1.165, 1.54) is 12.2 Å². The lowest BCUT2D eigenvalue weighted by atomic mass is 9.65. The van der Waals surface area contributed by atoms with Crippen LogP contribution in [0.2, 0.25) is 18.1 Å². The Kier molecular flexibility index (Phi) is 11.4. The molecule has 4 aliphatic rings. The molecule has 0 amide bonds. The molecule has 0 saturated carbocycles. The fourth-order valence-electron chi connectivity index (χ4n) is 7.91. The highest BCUT2D eigenvalue weighted by Crippen LogP contribution is 2.54. The normalized spacial score (nSPS) is 27.1. The molecule has 0 saturated heterocycles. The lowest BCUT2D eigenvalue weighted by molar-refractivity contribution is -0.137. The predicted octanol–water partition coefficient (Wildman–Crippen LogP) is 6.25. The Morgan fingerprint density at radius 3 is 1.98 bits per heavy atom. The Morgan fingerprint density at radius 1 is 0.836 bits per heavy atom. The Balaban J connectivity index is 0.000000235. The summed E-state index contributed by atoms with van der Waals surface area (Å²) in [5.74, 6) is -1.88. The van der Waals surface area contributed by atoms with Crippen LogP contribution < -0.4 is 4.74 Å². The number of carbonyl (C=O) groups excluding carboxylic acids is 4. The van der Waals surface area contributed by atoms with Gasteiger partial charge in [-0.1, -0.05) is 75.8 Å². The molecule has 0 radical (unpaired) electrons. The molecule has 3 aromatic rings. The van der Waals surface area contributed by atoms with Gasteiger partial charge < -0.3 is 23.3 Å². The summed E-state index contributed by atoms with van der Waals surface area (Å²) in [4.78, 5) is 56.5. The van der Waals surface area contributed by atoms with Crippen molar-refractivity contribution in [3.05, 3.63) is 88.5 Å². The number of fused-ring (bicyclic) bond motifs is 4. The number of ether oxygens (including phenoxy) is 1. The molecule has 14 heteroatoms. The molecule has 2 heterocycles. The van der Waals surface area contributed by atoms with E-state index in [4.69, 9.17) is 18.2 Å². The molecular weight excluding hydrogens is 721 g/mol. The van der Waals surface area contributed by atoms with Gasteiger partial charge in [0.2, 0.25) is 11.6 Å². The number of aromatic nitrogens is 2. The molecule has 55 heavy (non-hydrogen) atoms. The van der Waals surface area contributed by atoms with E-state index >= 15 is 0 Å². The van der Waals surface area contributed by atoms with E-state index in [2.05, 4.69) is 44.2 Å². The quantitative estimate of drug-likeness (QED) is 0.212. The SMILES string of the molecule is C.CN(C)[C@@H]1c2onc(OCc3ccccc3)c2C(=O)[C@@]2(O[Si](C)(C)C(C)(C)C)C(=O)C=CC[C@@H]12.Cc1noc2c1C(=O)[C@@]1(O)C(=O)C=CC[C@H]1[C@@H]2N(C)C. The number of allylic oxidation sites excluding steroid dienone is 2. The molecule has 6 atom stereocenters. The van der Waals surface area contributed by atoms with Gasteiger partial charge in [0, 0.05) is 11.8 Å². The Hall–Kier alpha value is -4.34. The van der Waals surface area contributed by atoms with Crippen molar-refractivity contribution in [1.82, 2.24) is 20.1 Å². The number of nitrogens with zero attached hydrogens (tertiary/aromatic N) is 4. The summed E-state index contributed by atoms with van der Waals surface area (Å²) in [6, 6.07) is 8.91. The second kappa shape index (κ2) is 15.0. The third kappa shape index (κ3) is 6.71. The molecule has 7 rings (SSSR count). The predicted molar refractivity (Wildman–Crippen MR) is 207 cm³/mol. The number of benzene rings is 1. The van der Waals surface area contributed by atoms with Gasteiger partial charge in [-0.3, -0.25) is 29.0 Å². The van der Waals surface area contributed by atoms with Gasteiger partial charge in [-0.25, -0.2) is 0 Å². The van der Waals surface area contributed by atoms with Crippen molar-refractivity contribution in [3.63, 3.8) is 0 Å². The fourth-order valence-corrected chi connectivity index (χ4v) is 9.37. The van der Waals surface area contributed by atoms with Crippen LogP contribution in [0.25, 0.3) is 0 Å². The summed E-state index contributed by atoms with van der Waals surface area (Å²) in [6.45, 7) is 12.3. The highest BCUT2D eigenvalue weighted by Gasteiger charge is 2.65. The Labute approximate surface area is 323 Å². The van der Waals surface area contributed by atoms with Crippen LogP contribution in [0.5, 0.6) is 5.88 Å². The first-order valence-corrected chi connectivity index (χ1v) is 21.1. The molecule has 4 aliphatic carbocycles. The number of aryl methyl sites for hydroxylation is 1. The molecule has 1 N–H and O–H groups in total. The summed E-state index contributed by atoms with van der Waals surface area (Å²) >= 11 is 0. The number of ketones is 4. The zero-order chi connectivity index (χ0) is 39.5. The van der Waals surface area contributed by atoms with Crippen LogP contribution in [-0.2, 0) is 20.6 Å². The number of hydrogen-bond donors (Lipinski definition) is 1. The largest absolute Gasteiger partial charge is 0.470 e. The lowest BCUT2D eigenvalue weighted by Gasteiger charge is -2.51. The van der Waals surface area contributed by atoms with Crippen LogP contribution in [0.4, 0.5) is 0 Å². The van der Waals surface area contributed by atoms with Gasteiger partial charge >= 0.3 is 0 Å². The maximum Gasteiger partial charge on any atom is 0.265 e. The average Bonchev–Trinajstić information content (AvgIpc) is 3.70. The molecule has 1 aromatic carbocycles. The second-order valence-electron chi connectivity index (χ2n) is 16.6. The van der Waals surface area contributed by atoms with E-state index in [0.29, 0.717) is 30.1 Å². The Bertz CT molecular complexity index is 2030. The molecule has 0 spiro atoms. The van der Waals surface area contributed by atoms with Gasteiger partial charge in [-0.15, -0.1) is 0 Å². The van der Waals surface area contributed by atoms with Crippen LogP contribution in [0, 0.1) is 18.8 Å². The van der Waals surface area contributed by atoms with Crippen molar-refractivity contribution in [3.8, 4) is 5.88 Å². The third-order valence-corrected chi connectivity index (χ3v) is 16.1. The number of carbonyl (C=O) groups is 4. The highest BCUT2D eigenvalue weighted by molar-refractivity contribution is 6.74. The molecule has 296 valence electrons. The van der Waals surface area contributed by atoms with Gasteiger partial charge in [0.15, 0.2) is 42.6 Å². The zero-order valence-corrected chi connectivity index (χ0v) is 33.6. The van der Waals surface area contributed by atoms with Gasteiger partial charge in [0.05, 0.1) is 23.3 Å². The molecule has 0 unspecified atom stereocenters. The Morgan fingerprint density at radius 2 is 1.38 bits per heavy atom. The summed E-state index contributed by atoms with van der Waals surface area (Å²) in [6.07, 6.45) is 7.27. The van der Waals surface area contributed by atoms with Crippen molar-refractivity contribution >= 4 is 31.5 Å². The van der Waals surface area contributed by atoms with Gasteiger partial charge in [0.25, 0.3) is 5.88 Å². The highest BCUT2D eigenvalue weighted by atomic mass is 28.4. The number of hydrogen-bond acceptors (Lipinski definition) is 13. The minimum atomic E-state index is -2.53. The molecule has 0 aliphatic heterocycles. The minimum absolute atomic E-state index is 0. The first kappa shape index (κ1) is 41.8. The smallest absolute Gasteiger partial charge is 0.265 e. The minimum Gasteiger partial charge on any atom is -0.470 e. The van der Waals surface area contributed by atoms with Crippen molar-refractivity contribution in [2.75, 3.05) is 28.2 Å². The third-order valence-electron chi connectivity index (χ3n) is 11.7. The van der Waals surface area contributed by atoms with Crippen LogP contribution in [-0.4, -0.2) is 96.1 Å². The topological polar surface area (TPSA) is 166 Å². The number of rotatable bonds is 7. The maximum atomic E-state index is 14.3. The van der Waals surface area contributed by atoms with Crippen LogP contribution >= 0.6 is 0 Å². The maximum absolute atomic E-state index is 14.3. The van der Waals surface area contributed by atoms with Crippen LogP contribution in [0.1, 0.15) is 96.6 Å². The first-order valence-electron chi connectivity index (χ1n) is 18.2. The summed E-state index contributed by atoms with van der Waals surface area (Å²) in [5, 5.41) is 18.6. The standard InChI is InChI=1S/C26H34N2O5Si.C14H16N2O4.CH4/c1-25(2,3)34(6,7)33-26-18(14-11-15-19(26)29)21(28(4)5)22-20(23(26)30)24(27-32-22)31-16-17-12-9-8-10-13-17;1-7-10-12(20-15-7)11(16(2)3)8-5-4-6-9(17)14(8,19)13(10)18;/h8-13,15,18,21H,14,16H2,1-7H3;4,6,8,11,19H,5H2,1-3H3;1H4/t18-,21-,26-;8-,11-,14-;/m00./s1. The summed E-state index contributed by atoms with van der Waals surface area (Å²) in [7, 11) is 4.94. The van der Waals surface area contributed by atoms with Gasteiger partial charge in [-0.2, -0.15) is 0 Å². The molecule has 0 bridgehead atoms. The average molecular weight is 775 g/mol. The number of aliphatic hydroxyl groups is 1. The summed E-state index contributed by atoms with van der Waals surface area (Å²) < 4.78 is 23.8. The van der Waals surface area contributed by atoms with Crippen molar-refractivity contribution in [2.24, 2.45) is 11.8 Å². The summed E-state index contributed by atoms with van der Waals surface area (Å²) in [5.41, 5.74) is -1.83. The number of Topliss-reactive ketones (excluding diaryl/α,β-unsaturated/α-hetero) is 2. The van der Waals surface area contributed by atoms with Gasteiger partial charge in [-0.05, 0) is 89.0 Å². The van der Waals surface area contributed by atoms with E-state index in [9.17, 15) is 24.3 Å². The van der Waals surface area contributed by atoms with Crippen molar-refractivity contribution in [1.29, 1.82) is 0 Å². The monoisotopic (exact) mass is 774 g/mol. The first-order chi connectivity index (χ1) is 25.3. The van der Waals surface area contributed by atoms with Crippen LogP contribution in [0.15, 0.2) is 63.7 Å². The van der Waals surface area contributed by atoms with Crippen molar-refractivity contribution < 1.29 is 42.5 Å². The molecule has 13 nitrogen and oxygen atoms in total. The molecule has 2 aromatic heterocycles. The van der Waals surface area contributed by atoms with E-state index < -0.39 is 48.7 Å². The van der Waals surface area contributed by atoms with E-state index in [1.807, 2.05) is 74.4 Å². The van der Waals surface area contributed by atoms with E-state index in [1.54, 1.807) is 13.0 Å². The van der Waals surface area contributed by atoms with E-state index in [-0.39, 0.29) is 53.9 Å². The van der Waals surface area contributed by atoms with Gasteiger partial charge in [0.1, 0.15) is 12.2 Å². The fraction of sp³-hybridized carbons (Fsp3) is 0.512. The lowest BCUT2D eigenvalue weighted by Crippen LogP contribution is -2.65. The van der Waals surface area contributed by atoms with E-state index in [0.717, 1.165) is 5.56 Å². The van der Waals surface area contributed by atoms with Crippen LogP contribution in [0.3, 0.4) is 0 Å². The molecule has 0 fully saturated rings.